The van der Waals surface area contributed by atoms with Crippen LogP contribution in [0.2, 0.25) is 0 Å². The number of rotatable bonds is 7. The zero-order valence-electron chi connectivity index (χ0n) is 10.4. The van der Waals surface area contributed by atoms with Gasteiger partial charge in [-0.1, -0.05) is 13.8 Å². The van der Waals surface area contributed by atoms with Crippen LogP contribution in [0.3, 0.4) is 0 Å². The summed E-state index contributed by atoms with van der Waals surface area (Å²) in [5.41, 5.74) is 0.652. The van der Waals surface area contributed by atoms with Crippen molar-refractivity contribution in [2.45, 2.75) is 26.4 Å². The maximum Gasteiger partial charge on any atom is 0.372 e. The summed E-state index contributed by atoms with van der Waals surface area (Å²) in [7, 11) is 1.65. The minimum absolute atomic E-state index is 0.00239. The Morgan fingerprint density at radius 3 is 2.82 bits per heavy atom. The van der Waals surface area contributed by atoms with Gasteiger partial charge in [0.25, 0.3) is 0 Å². The Hall–Kier alpha value is -1.33. The van der Waals surface area contributed by atoms with Gasteiger partial charge < -0.3 is 19.6 Å². The molecule has 1 rings (SSSR count). The number of methoxy groups -OCH3 is 1. The molecule has 0 fully saturated rings. The predicted octanol–water partition coefficient (Wildman–Crippen LogP) is 1.74. The molecule has 5 heteroatoms. The standard InChI is InChI=1S/C12H19NO4/c1-8(2)10(7-16-3)13-6-9-4-5-17-11(9)12(14)15/h4-5,8,10,13H,6-7H2,1-3H3,(H,14,15). The molecule has 96 valence electrons. The molecule has 0 saturated heterocycles. The van der Waals surface area contributed by atoms with E-state index in [4.69, 9.17) is 14.3 Å². The number of ether oxygens (including phenoxy) is 1. The maximum absolute atomic E-state index is 10.8. The van der Waals surface area contributed by atoms with Gasteiger partial charge in [-0.3, -0.25) is 0 Å². The van der Waals surface area contributed by atoms with E-state index in [1.54, 1.807) is 13.2 Å². The van der Waals surface area contributed by atoms with E-state index in [1.807, 2.05) is 0 Å². The third-order valence-corrected chi connectivity index (χ3v) is 2.65. The quantitative estimate of drug-likeness (QED) is 0.760. The summed E-state index contributed by atoms with van der Waals surface area (Å²) in [5, 5.41) is 12.2. The van der Waals surface area contributed by atoms with Crippen molar-refractivity contribution in [3.8, 4) is 0 Å². The van der Waals surface area contributed by atoms with E-state index in [1.165, 1.54) is 6.26 Å². The van der Waals surface area contributed by atoms with Crippen molar-refractivity contribution in [3.05, 3.63) is 23.7 Å². The van der Waals surface area contributed by atoms with Crippen LogP contribution in [0, 0.1) is 5.92 Å². The Kier molecular flexibility index (Phi) is 5.18. The lowest BCUT2D eigenvalue weighted by atomic mass is 10.1. The van der Waals surface area contributed by atoms with Crippen LogP contribution in [-0.2, 0) is 11.3 Å². The number of carboxylic acid groups (broad SMARTS) is 1. The van der Waals surface area contributed by atoms with E-state index in [0.717, 1.165) is 0 Å². The lowest BCUT2D eigenvalue weighted by molar-refractivity contribution is 0.0660. The fourth-order valence-electron chi connectivity index (χ4n) is 1.57. The normalized spacial score (nSPS) is 12.9. The Labute approximate surface area is 101 Å². The van der Waals surface area contributed by atoms with Gasteiger partial charge in [0.05, 0.1) is 12.9 Å². The summed E-state index contributed by atoms with van der Waals surface area (Å²) < 4.78 is 10.0. The second-order valence-corrected chi connectivity index (χ2v) is 4.27. The number of carboxylic acids is 1. The van der Waals surface area contributed by atoms with Gasteiger partial charge in [-0.2, -0.15) is 0 Å². The molecule has 1 aromatic rings. The molecule has 1 aromatic heterocycles. The van der Waals surface area contributed by atoms with Crippen molar-refractivity contribution < 1.29 is 19.1 Å². The third-order valence-electron chi connectivity index (χ3n) is 2.65. The Balaban J connectivity index is 2.59. The minimum Gasteiger partial charge on any atom is -0.475 e. The van der Waals surface area contributed by atoms with Crippen molar-refractivity contribution >= 4 is 5.97 Å². The summed E-state index contributed by atoms with van der Waals surface area (Å²) in [4.78, 5) is 10.8. The van der Waals surface area contributed by atoms with Gasteiger partial charge in [-0.25, -0.2) is 4.79 Å². The van der Waals surface area contributed by atoms with Crippen molar-refractivity contribution in [1.29, 1.82) is 0 Å². The molecule has 0 aromatic carbocycles. The molecule has 0 bridgehead atoms. The number of carbonyl (C=O) groups is 1. The van der Waals surface area contributed by atoms with Gasteiger partial charge in [0, 0.05) is 25.3 Å². The molecule has 0 aliphatic heterocycles. The average molecular weight is 241 g/mol. The second kappa shape index (κ2) is 6.42. The molecule has 0 spiro atoms. The largest absolute Gasteiger partial charge is 0.475 e. The number of hydrogen-bond donors (Lipinski definition) is 2. The van der Waals surface area contributed by atoms with E-state index >= 15 is 0 Å². The summed E-state index contributed by atoms with van der Waals surface area (Å²) in [6.45, 7) is 5.23. The van der Waals surface area contributed by atoms with Crippen LogP contribution in [-0.4, -0.2) is 30.8 Å². The number of hydrogen-bond acceptors (Lipinski definition) is 4. The monoisotopic (exact) mass is 241 g/mol. The fourth-order valence-corrected chi connectivity index (χ4v) is 1.57. The molecule has 1 unspecified atom stereocenters. The summed E-state index contributed by atoms with van der Waals surface area (Å²) in [6.07, 6.45) is 1.39. The molecule has 5 nitrogen and oxygen atoms in total. The molecular formula is C12H19NO4. The van der Waals surface area contributed by atoms with Gasteiger partial charge in [-0.15, -0.1) is 0 Å². The first-order chi connectivity index (χ1) is 8.06. The number of aromatic carboxylic acids is 1. The van der Waals surface area contributed by atoms with Crippen molar-refractivity contribution in [2.24, 2.45) is 5.92 Å². The second-order valence-electron chi connectivity index (χ2n) is 4.27. The van der Waals surface area contributed by atoms with Crippen LogP contribution in [0.1, 0.15) is 30.0 Å². The lowest BCUT2D eigenvalue weighted by Crippen LogP contribution is -2.37. The van der Waals surface area contributed by atoms with Crippen LogP contribution in [0.5, 0.6) is 0 Å². The first-order valence-corrected chi connectivity index (χ1v) is 5.58. The van der Waals surface area contributed by atoms with Crippen LogP contribution in [0.15, 0.2) is 16.7 Å². The van der Waals surface area contributed by atoms with Crippen LogP contribution in [0.4, 0.5) is 0 Å². The number of nitrogens with one attached hydrogen (secondary N) is 1. The van der Waals surface area contributed by atoms with E-state index in [-0.39, 0.29) is 11.8 Å². The fraction of sp³-hybridized carbons (Fsp3) is 0.583. The molecule has 0 aliphatic carbocycles. The van der Waals surface area contributed by atoms with Gasteiger partial charge in [0.2, 0.25) is 5.76 Å². The Morgan fingerprint density at radius 1 is 1.59 bits per heavy atom. The highest BCUT2D eigenvalue weighted by Gasteiger charge is 2.17. The van der Waals surface area contributed by atoms with Crippen molar-refractivity contribution in [2.75, 3.05) is 13.7 Å². The molecular weight excluding hydrogens is 222 g/mol. The molecule has 0 aliphatic rings. The van der Waals surface area contributed by atoms with Crippen LogP contribution in [0.25, 0.3) is 0 Å². The van der Waals surface area contributed by atoms with E-state index in [0.29, 0.717) is 24.6 Å². The summed E-state index contributed by atoms with van der Waals surface area (Å²) >= 11 is 0. The SMILES string of the molecule is COCC(NCc1ccoc1C(=O)O)C(C)C. The molecule has 1 heterocycles. The van der Waals surface area contributed by atoms with Gasteiger partial charge in [-0.05, 0) is 12.0 Å². The molecule has 0 saturated carbocycles. The third kappa shape index (κ3) is 3.87. The molecule has 1 atom stereocenters. The van der Waals surface area contributed by atoms with Crippen LogP contribution >= 0.6 is 0 Å². The highest BCUT2D eigenvalue weighted by Crippen LogP contribution is 2.11. The van der Waals surface area contributed by atoms with E-state index in [9.17, 15) is 4.79 Å². The van der Waals surface area contributed by atoms with Gasteiger partial charge in [0.1, 0.15) is 0 Å². The molecule has 0 amide bonds. The first kappa shape index (κ1) is 13.7. The maximum atomic E-state index is 10.8. The lowest BCUT2D eigenvalue weighted by Gasteiger charge is -2.21. The highest BCUT2D eigenvalue weighted by molar-refractivity contribution is 5.86. The zero-order valence-corrected chi connectivity index (χ0v) is 10.4. The van der Waals surface area contributed by atoms with Crippen LogP contribution < -0.4 is 5.32 Å². The van der Waals surface area contributed by atoms with E-state index < -0.39 is 5.97 Å². The van der Waals surface area contributed by atoms with E-state index in [2.05, 4.69) is 19.2 Å². The Bertz CT molecular complexity index is 359. The molecule has 17 heavy (non-hydrogen) atoms. The van der Waals surface area contributed by atoms with Gasteiger partial charge >= 0.3 is 5.97 Å². The minimum atomic E-state index is -1.04. The molecule has 2 N–H and O–H groups in total. The topological polar surface area (TPSA) is 71.7 Å². The number of furan rings is 1. The summed E-state index contributed by atoms with van der Waals surface area (Å²) in [6, 6.07) is 1.86. The predicted molar refractivity (Wildman–Crippen MR) is 63.0 cm³/mol. The van der Waals surface area contributed by atoms with Crippen molar-refractivity contribution in [1.82, 2.24) is 5.32 Å². The highest BCUT2D eigenvalue weighted by atomic mass is 16.5. The Morgan fingerprint density at radius 2 is 2.29 bits per heavy atom. The zero-order chi connectivity index (χ0) is 12.8. The first-order valence-electron chi connectivity index (χ1n) is 5.58. The van der Waals surface area contributed by atoms with Gasteiger partial charge in [0.15, 0.2) is 0 Å². The molecule has 0 radical (unpaired) electrons. The smallest absolute Gasteiger partial charge is 0.372 e. The average Bonchev–Trinajstić information content (AvgIpc) is 2.71. The van der Waals surface area contributed by atoms with Crippen molar-refractivity contribution in [3.63, 3.8) is 0 Å². The summed E-state index contributed by atoms with van der Waals surface area (Å²) in [5.74, 6) is -0.632.